The van der Waals surface area contributed by atoms with Crippen LogP contribution in [0.1, 0.15) is 26.3 Å². The summed E-state index contributed by atoms with van der Waals surface area (Å²) in [4.78, 5) is 0. The molecule has 7 heteroatoms. The summed E-state index contributed by atoms with van der Waals surface area (Å²) in [5, 5.41) is 11.5. The number of benzene rings is 1. The van der Waals surface area contributed by atoms with E-state index < -0.39 is 14.1 Å². The Kier molecular flexibility index (Phi) is 5.96. The van der Waals surface area contributed by atoms with E-state index in [1.54, 1.807) is 0 Å². The largest absolute Gasteiger partial charge is 0.488 e. The monoisotopic (exact) mass is 328 g/mol. The van der Waals surface area contributed by atoms with E-state index in [1.165, 1.54) is 18.2 Å². The van der Waals surface area contributed by atoms with Crippen molar-refractivity contribution >= 4 is 14.2 Å². The summed E-state index contributed by atoms with van der Waals surface area (Å²) >= 11 is 0. The number of rotatable bonds is 6. The summed E-state index contributed by atoms with van der Waals surface area (Å²) in [5.74, 6) is -0.587. The van der Waals surface area contributed by atoms with Gasteiger partial charge in [-0.25, -0.2) is 4.39 Å². The summed E-state index contributed by atoms with van der Waals surface area (Å²) in [6, 6.07) is 4.15. The number of hydrogen-bond acceptors (Lipinski definition) is 4. The highest BCUT2D eigenvalue weighted by atomic mass is 28.4. The fraction of sp³-hybridized carbons (Fsp3) is 0.533. The van der Waals surface area contributed by atoms with Crippen molar-refractivity contribution in [2.24, 2.45) is 10.9 Å². The molecule has 1 aromatic rings. The van der Waals surface area contributed by atoms with Crippen molar-refractivity contribution in [3.8, 4) is 5.75 Å². The van der Waals surface area contributed by atoms with E-state index in [-0.39, 0.29) is 23.2 Å². The maximum absolute atomic E-state index is 13.8. The molecule has 0 unspecified atom stereocenters. The molecular weight excluding hydrogens is 303 g/mol. The molecule has 0 radical (unpaired) electrons. The van der Waals surface area contributed by atoms with Crippen LogP contribution in [0.15, 0.2) is 23.4 Å². The van der Waals surface area contributed by atoms with Crippen molar-refractivity contribution in [2.75, 3.05) is 13.2 Å². The van der Waals surface area contributed by atoms with E-state index in [0.717, 1.165) is 0 Å². The maximum atomic E-state index is 13.8. The molecule has 0 heterocycles. The molecule has 0 bridgehead atoms. The van der Waals surface area contributed by atoms with Gasteiger partial charge in [0.15, 0.2) is 25.7 Å². The third kappa shape index (κ3) is 4.71. The Morgan fingerprint density at radius 3 is 2.45 bits per heavy atom. The van der Waals surface area contributed by atoms with Crippen LogP contribution in [0.4, 0.5) is 4.39 Å². The standard InChI is InChI=1S/C15H25FN2O3Si/c1-15(2,3)22(4,5)21-9-8-20-13-7-6-11(10-12(13)16)14(17)18-19/h6-7,10,19H,8-9H2,1-5H3,(H2,17,18). The predicted octanol–water partition coefficient (Wildman–Crippen LogP) is 3.32. The lowest BCUT2D eigenvalue weighted by Crippen LogP contribution is -2.41. The van der Waals surface area contributed by atoms with Crippen LogP contribution < -0.4 is 10.5 Å². The first-order chi connectivity index (χ1) is 10.1. The Labute approximate surface area is 132 Å². The zero-order chi connectivity index (χ0) is 17.0. The predicted molar refractivity (Wildman–Crippen MR) is 87.6 cm³/mol. The van der Waals surface area contributed by atoms with E-state index in [9.17, 15) is 4.39 Å². The average Bonchev–Trinajstić information content (AvgIpc) is 2.42. The quantitative estimate of drug-likeness (QED) is 0.210. The van der Waals surface area contributed by atoms with Crippen LogP contribution in [-0.4, -0.2) is 32.6 Å². The van der Waals surface area contributed by atoms with Gasteiger partial charge in [0.25, 0.3) is 0 Å². The molecule has 124 valence electrons. The van der Waals surface area contributed by atoms with E-state index in [1.807, 2.05) is 0 Å². The molecule has 3 N–H and O–H groups in total. The van der Waals surface area contributed by atoms with Gasteiger partial charge in [-0.2, -0.15) is 0 Å². The van der Waals surface area contributed by atoms with Gasteiger partial charge in [0.05, 0.1) is 6.61 Å². The van der Waals surface area contributed by atoms with Gasteiger partial charge in [0, 0.05) is 5.56 Å². The SMILES string of the molecule is CC(C)(C)[Si](C)(C)OCCOc1ccc(/C(N)=N/O)cc1F. The fourth-order valence-corrected chi connectivity index (χ4v) is 2.53. The molecule has 0 amide bonds. The molecule has 0 aromatic heterocycles. The van der Waals surface area contributed by atoms with Crippen molar-refractivity contribution in [3.05, 3.63) is 29.6 Å². The highest BCUT2D eigenvalue weighted by molar-refractivity contribution is 6.74. The molecule has 22 heavy (non-hydrogen) atoms. The molecule has 1 rings (SSSR count). The molecule has 0 fully saturated rings. The Morgan fingerprint density at radius 2 is 1.95 bits per heavy atom. The minimum atomic E-state index is -1.82. The van der Waals surface area contributed by atoms with Crippen LogP contribution in [0.2, 0.25) is 18.1 Å². The van der Waals surface area contributed by atoms with Gasteiger partial charge in [-0.1, -0.05) is 25.9 Å². The second-order valence-corrected chi connectivity index (χ2v) is 11.4. The lowest BCUT2D eigenvalue weighted by atomic mass is 10.2. The molecule has 5 nitrogen and oxygen atoms in total. The Balaban J connectivity index is 2.56. The molecule has 0 aliphatic carbocycles. The van der Waals surface area contributed by atoms with E-state index >= 15 is 0 Å². The van der Waals surface area contributed by atoms with Crippen molar-refractivity contribution in [1.82, 2.24) is 0 Å². The lowest BCUT2D eigenvalue weighted by Gasteiger charge is -2.36. The maximum Gasteiger partial charge on any atom is 0.192 e. The summed E-state index contributed by atoms with van der Waals surface area (Å²) < 4.78 is 25.2. The third-order valence-corrected chi connectivity index (χ3v) is 8.48. The third-order valence-electron chi connectivity index (χ3n) is 3.95. The Morgan fingerprint density at radius 1 is 1.32 bits per heavy atom. The van der Waals surface area contributed by atoms with E-state index in [2.05, 4.69) is 39.0 Å². The first kappa shape index (κ1) is 18.4. The van der Waals surface area contributed by atoms with Gasteiger partial charge in [0.1, 0.15) is 6.61 Å². The van der Waals surface area contributed by atoms with Gasteiger partial charge in [-0.3, -0.25) is 0 Å². The smallest absolute Gasteiger partial charge is 0.192 e. The van der Waals surface area contributed by atoms with Gasteiger partial charge >= 0.3 is 0 Å². The van der Waals surface area contributed by atoms with Gasteiger partial charge in [0.2, 0.25) is 0 Å². The number of oxime groups is 1. The number of nitrogens with two attached hydrogens (primary N) is 1. The molecule has 0 saturated carbocycles. The first-order valence-electron chi connectivity index (χ1n) is 7.12. The average molecular weight is 328 g/mol. The summed E-state index contributed by atoms with van der Waals surface area (Å²) in [6.07, 6.45) is 0. The summed E-state index contributed by atoms with van der Waals surface area (Å²) in [6.45, 7) is 11.5. The number of hydrogen-bond donors (Lipinski definition) is 2. The van der Waals surface area contributed by atoms with E-state index in [4.69, 9.17) is 20.1 Å². The summed E-state index contributed by atoms with van der Waals surface area (Å²) in [5.41, 5.74) is 5.70. The number of amidine groups is 1. The number of halogens is 1. The van der Waals surface area contributed by atoms with Gasteiger partial charge in [-0.15, -0.1) is 0 Å². The first-order valence-corrected chi connectivity index (χ1v) is 10.0. The normalized spacial score (nSPS) is 13.3. The Bertz CT molecular complexity index is 542. The van der Waals surface area contributed by atoms with E-state index in [0.29, 0.717) is 12.2 Å². The zero-order valence-corrected chi connectivity index (χ0v) is 14.8. The molecular formula is C15H25FN2O3Si. The van der Waals surface area contributed by atoms with Crippen molar-refractivity contribution in [3.63, 3.8) is 0 Å². The molecule has 0 aliphatic heterocycles. The minimum Gasteiger partial charge on any atom is -0.488 e. The topological polar surface area (TPSA) is 77.1 Å². The molecule has 0 aliphatic rings. The van der Waals surface area contributed by atoms with Crippen molar-refractivity contribution in [1.29, 1.82) is 0 Å². The summed E-state index contributed by atoms with van der Waals surface area (Å²) in [7, 11) is -1.82. The van der Waals surface area contributed by atoms with Crippen molar-refractivity contribution in [2.45, 2.75) is 38.9 Å². The number of ether oxygens (including phenoxy) is 1. The van der Waals surface area contributed by atoms with Crippen LogP contribution in [0.25, 0.3) is 0 Å². The highest BCUT2D eigenvalue weighted by Crippen LogP contribution is 2.36. The van der Waals surface area contributed by atoms with Crippen LogP contribution in [0.3, 0.4) is 0 Å². The molecule has 1 aromatic carbocycles. The molecule has 0 saturated heterocycles. The number of nitrogens with zero attached hydrogens (tertiary/aromatic N) is 1. The highest BCUT2D eigenvalue weighted by Gasteiger charge is 2.36. The van der Waals surface area contributed by atoms with Crippen LogP contribution in [-0.2, 0) is 4.43 Å². The fourth-order valence-electron chi connectivity index (χ4n) is 1.50. The molecule has 0 spiro atoms. The molecule has 0 atom stereocenters. The Hall–Kier alpha value is -1.60. The van der Waals surface area contributed by atoms with Crippen LogP contribution >= 0.6 is 0 Å². The lowest BCUT2D eigenvalue weighted by molar-refractivity contribution is 0.198. The van der Waals surface area contributed by atoms with Gasteiger partial charge < -0.3 is 20.1 Å². The second kappa shape index (κ2) is 7.10. The zero-order valence-electron chi connectivity index (χ0n) is 13.8. The van der Waals surface area contributed by atoms with Gasteiger partial charge in [-0.05, 0) is 36.3 Å². The van der Waals surface area contributed by atoms with Crippen LogP contribution in [0, 0.1) is 5.82 Å². The van der Waals surface area contributed by atoms with Crippen molar-refractivity contribution < 1.29 is 18.8 Å². The minimum absolute atomic E-state index is 0.119. The van der Waals surface area contributed by atoms with Crippen LogP contribution in [0.5, 0.6) is 5.75 Å². The second-order valence-electron chi connectivity index (χ2n) is 6.59.